The Kier molecular flexibility index (Phi) is 3.82. The van der Waals surface area contributed by atoms with Gasteiger partial charge in [0.2, 0.25) is 0 Å². The predicted molar refractivity (Wildman–Crippen MR) is 73.9 cm³/mol. The SMILES string of the molecule is N#Cc1c[nH]c(-c2nc(C3CCCCCCC3)no2)c1. The Labute approximate surface area is 118 Å². The van der Waals surface area contributed by atoms with Crippen molar-refractivity contribution in [2.45, 2.75) is 50.9 Å². The fourth-order valence-electron chi connectivity index (χ4n) is 2.81. The number of nitrogens with zero attached hydrogens (tertiary/aromatic N) is 3. The largest absolute Gasteiger partial charge is 0.356 e. The number of hydrogen-bond acceptors (Lipinski definition) is 4. The summed E-state index contributed by atoms with van der Waals surface area (Å²) in [6.07, 6.45) is 10.4. The van der Waals surface area contributed by atoms with Crippen LogP contribution in [0.2, 0.25) is 0 Å². The van der Waals surface area contributed by atoms with Gasteiger partial charge in [-0.3, -0.25) is 0 Å². The van der Waals surface area contributed by atoms with Crippen molar-refractivity contribution in [3.8, 4) is 17.7 Å². The van der Waals surface area contributed by atoms with Gasteiger partial charge in [-0.05, 0) is 18.9 Å². The summed E-state index contributed by atoms with van der Waals surface area (Å²) < 4.78 is 5.33. The molecule has 0 amide bonds. The van der Waals surface area contributed by atoms with E-state index < -0.39 is 0 Å². The van der Waals surface area contributed by atoms with Crippen LogP contribution in [0.25, 0.3) is 11.6 Å². The molecule has 2 heterocycles. The van der Waals surface area contributed by atoms with Crippen LogP contribution in [-0.4, -0.2) is 15.1 Å². The summed E-state index contributed by atoms with van der Waals surface area (Å²) in [4.78, 5) is 7.50. The maximum absolute atomic E-state index is 8.83. The molecule has 2 aromatic rings. The van der Waals surface area contributed by atoms with Crippen LogP contribution in [0.5, 0.6) is 0 Å². The lowest BCUT2D eigenvalue weighted by atomic mass is 9.91. The van der Waals surface area contributed by atoms with E-state index in [0.29, 0.717) is 23.1 Å². The molecule has 20 heavy (non-hydrogen) atoms. The molecule has 1 saturated carbocycles. The van der Waals surface area contributed by atoms with Gasteiger partial charge >= 0.3 is 0 Å². The molecule has 1 fully saturated rings. The van der Waals surface area contributed by atoms with Crippen LogP contribution in [-0.2, 0) is 0 Å². The fourth-order valence-corrected chi connectivity index (χ4v) is 2.81. The Morgan fingerprint density at radius 1 is 1.20 bits per heavy atom. The first kappa shape index (κ1) is 12.9. The minimum atomic E-state index is 0.415. The number of nitriles is 1. The third-order valence-electron chi connectivity index (χ3n) is 3.95. The van der Waals surface area contributed by atoms with Crippen LogP contribution in [0.3, 0.4) is 0 Å². The first-order valence-electron chi connectivity index (χ1n) is 7.29. The van der Waals surface area contributed by atoms with E-state index in [1.807, 2.05) is 0 Å². The van der Waals surface area contributed by atoms with E-state index >= 15 is 0 Å². The highest BCUT2D eigenvalue weighted by Crippen LogP contribution is 2.30. The van der Waals surface area contributed by atoms with Crippen LogP contribution in [0, 0.1) is 11.3 Å². The quantitative estimate of drug-likeness (QED) is 0.901. The number of nitrogens with one attached hydrogen (secondary N) is 1. The van der Waals surface area contributed by atoms with Crippen molar-refractivity contribution in [1.82, 2.24) is 15.1 Å². The van der Waals surface area contributed by atoms with Crippen molar-refractivity contribution in [3.63, 3.8) is 0 Å². The first-order valence-corrected chi connectivity index (χ1v) is 7.29. The van der Waals surface area contributed by atoms with Gasteiger partial charge in [-0.2, -0.15) is 10.2 Å². The molecule has 3 rings (SSSR count). The second-order valence-electron chi connectivity index (χ2n) is 5.41. The number of aromatic nitrogens is 3. The van der Waals surface area contributed by atoms with Crippen LogP contribution in [0.15, 0.2) is 16.8 Å². The van der Waals surface area contributed by atoms with E-state index in [4.69, 9.17) is 9.78 Å². The molecule has 0 saturated heterocycles. The summed E-state index contributed by atoms with van der Waals surface area (Å²) in [5, 5.41) is 13.0. The van der Waals surface area contributed by atoms with Gasteiger partial charge in [-0.15, -0.1) is 0 Å². The molecular weight excluding hydrogens is 252 g/mol. The lowest BCUT2D eigenvalue weighted by Gasteiger charge is -2.15. The Morgan fingerprint density at radius 3 is 2.65 bits per heavy atom. The molecule has 0 unspecified atom stereocenters. The van der Waals surface area contributed by atoms with Crippen molar-refractivity contribution in [3.05, 3.63) is 23.7 Å². The summed E-state index contributed by atoms with van der Waals surface area (Å²) >= 11 is 0. The van der Waals surface area contributed by atoms with Crippen LogP contribution in [0.1, 0.15) is 62.3 Å². The number of aromatic amines is 1. The average molecular weight is 270 g/mol. The highest BCUT2D eigenvalue weighted by Gasteiger charge is 2.20. The summed E-state index contributed by atoms with van der Waals surface area (Å²) in [6.45, 7) is 0. The Morgan fingerprint density at radius 2 is 1.95 bits per heavy atom. The summed E-state index contributed by atoms with van der Waals surface area (Å²) in [7, 11) is 0. The van der Waals surface area contributed by atoms with Gasteiger partial charge in [-0.25, -0.2) is 0 Å². The minimum absolute atomic E-state index is 0.415. The molecule has 1 N–H and O–H groups in total. The molecule has 0 atom stereocenters. The van der Waals surface area contributed by atoms with Crippen LogP contribution in [0.4, 0.5) is 0 Å². The van der Waals surface area contributed by atoms with Crippen molar-refractivity contribution < 1.29 is 4.52 Å². The highest BCUT2D eigenvalue weighted by atomic mass is 16.5. The van der Waals surface area contributed by atoms with E-state index in [0.717, 1.165) is 18.7 Å². The number of hydrogen-bond donors (Lipinski definition) is 1. The van der Waals surface area contributed by atoms with Gasteiger partial charge in [0.15, 0.2) is 5.82 Å². The standard InChI is InChI=1S/C15H18N4O/c16-9-11-8-13(17-10-11)15-18-14(19-20-15)12-6-4-2-1-3-5-7-12/h8,10,12,17H,1-7H2. The number of H-pyrrole nitrogens is 1. The summed E-state index contributed by atoms with van der Waals surface area (Å²) in [5.74, 6) is 1.71. The monoisotopic (exact) mass is 270 g/mol. The predicted octanol–water partition coefficient (Wildman–Crippen LogP) is 3.76. The lowest BCUT2D eigenvalue weighted by molar-refractivity contribution is 0.392. The first-order chi connectivity index (χ1) is 9.86. The van der Waals surface area contributed by atoms with Crippen molar-refractivity contribution >= 4 is 0 Å². The molecule has 0 bridgehead atoms. The van der Waals surface area contributed by atoms with Crippen molar-refractivity contribution in [2.75, 3.05) is 0 Å². The molecule has 2 aromatic heterocycles. The lowest BCUT2D eigenvalue weighted by Crippen LogP contribution is -2.04. The van der Waals surface area contributed by atoms with E-state index in [9.17, 15) is 0 Å². The Bertz CT molecular complexity index is 599. The molecule has 5 heteroatoms. The summed E-state index contributed by atoms with van der Waals surface area (Å²) in [6, 6.07) is 3.81. The third-order valence-corrected chi connectivity index (χ3v) is 3.95. The zero-order valence-corrected chi connectivity index (χ0v) is 11.4. The van der Waals surface area contributed by atoms with Gasteiger partial charge in [0.05, 0.1) is 5.56 Å². The van der Waals surface area contributed by atoms with Gasteiger partial charge in [-0.1, -0.05) is 37.3 Å². The van der Waals surface area contributed by atoms with E-state index in [2.05, 4.69) is 21.2 Å². The molecule has 0 aromatic carbocycles. The Hall–Kier alpha value is -2.09. The topological polar surface area (TPSA) is 78.5 Å². The molecule has 1 aliphatic rings. The van der Waals surface area contributed by atoms with Gasteiger partial charge in [0, 0.05) is 12.1 Å². The summed E-state index contributed by atoms with van der Waals surface area (Å²) in [5.41, 5.74) is 1.29. The van der Waals surface area contributed by atoms with Crippen LogP contribution < -0.4 is 0 Å². The minimum Gasteiger partial charge on any atom is -0.356 e. The van der Waals surface area contributed by atoms with Crippen molar-refractivity contribution in [1.29, 1.82) is 5.26 Å². The van der Waals surface area contributed by atoms with Gasteiger partial charge in [0.25, 0.3) is 5.89 Å². The second kappa shape index (κ2) is 5.91. The maximum Gasteiger partial charge on any atom is 0.274 e. The Balaban J connectivity index is 1.76. The molecule has 5 nitrogen and oxygen atoms in total. The van der Waals surface area contributed by atoms with Gasteiger partial charge < -0.3 is 9.51 Å². The van der Waals surface area contributed by atoms with E-state index in [1.165, 1.54) is 32.1 Å². The molecular formula is C15H18N4O. The van der Waals surface area contributed by atoms with E-state index in [-0.39, 0.29) is 0 Å². The van der Waals surface area contributed by atoms with Gasteiger partial charge in [0.1, 0.15) is 11.8 Å². The molecule has 0 aliphatic heterocycles. The van der Waals surface area contributed by atoms with E-state index in [1.54, 1.807) is 12.3 Å². The maximum atomic E-state index is 8.83. The molecule has 0 spiro atoms. The molecule has 104 valence electrons. The third kappa shape index (κ3) is 2.74. The second-order valence-corrected chi connectivity index (χ2v) is 5.41. The van der Waals surface area contributed by atoms with Crippen LogP contribution >= 0.6 is 0 Å². The molecule has 1 aliphatic carbocycles. The zero-order chi connectivity index (χ0) is 13.8. The smallest absolute Gasteiger partial charge is 0.274 e. The zero-order valence-electron chi connectivity index (χ0n) is 11.4. The normalized spacial score (nSPS) is 17.4. The molecule has 0 radical (unpaired) electrons. The van der Waals surface area contributed by atoms with Crippen molar-refractivity contribution in [2.24, 2.45) is 0 Å². The highest BCUT2D eigenvalue weighted by molar-refractivity contribution is 5.51. The number of rotatable bonds is 2. The fraction of sp³-hybridized carbons (Fsp3) is 0.533. The average Bonchev–Trinajstić information content (AvgIpc) is 3.06.